The van der Waals surface area contributed by atoms with E-state index >= 15 is 0 Å². The molecule has 2 amide bonds. The van der Waals surface area contributed by atoms with Crippen molar-refractivity contribution in [2.24, 2.45) is 0 Å². The average molecular weight is 424 g/mol. The molecular weight excluding hydrogens is 396 g/mol. The molecule has 0 saturated heterocycles. The maximum atomic E-state index is 12.6. The highest BCUT2D eigenvalue weighted by molar-refractivity contribution is 5.90. The Hall–Kier alpha value is -3.35. The number of ether oxygens (including phenoxy) is 1. The molecule has 0 saturated carbocycles. The lowest BCUT2D eigenvalue weighted by molar-refractivity contribution is -0.137. The molecule has 0 heterocycles. The smallest absolute Gasteiger partial charge is 0.408 e. The van der Waals surface area contributed by atoms with Gasteiger partial charge in [0.2, 0.25) is 5.91 Å². The summed E-state index contributed by atoms with van der Waals surface area (Å²) < 4.78 is 5.53. The van der Waals surface area contributed by atoms with Gasteiger partial charge in [0.05, 0.1) is 6.42 Å². The molecule has 0 radical (unpaired) electrons. The van der Waals surface area contributed by atoms with Crippen molar-refractivity contribution in [2.45, 2.75) is 51.1 Å². The van der Waals surface area contributed by atoms with Crippen LogP contribution in [-0.2, 0) is 14.3 Å². The monoisotopic (exact) mass is 424 g/mol. The summed E-state index contributed by atoms with van der Waals surface area (Å²) in [6, 6.07) is 15.5. The van der Waals surface area contributed by atoms with Crippen molar-refractivity contribution >= 4 is 18.0 Å². The van der Waals surface area contributed by atoms with Crippen molar-refractivity contribution in [3.05, 3.63) is 59.7 Å². The van der Waals surface area contributed by atoms with E-state index in [9.17, 15) is 14.4 Å². The van der Waals surface area contributed by atoms with Crippen molar-refractivity contribution in [3.63, 3.8) is 0 Å². The fourth-order valence-electron chi connectivity index (χ4n) is 3.86. The number of nitrogens with one attached hydrogen (secondary N) is 2. The number of amides is 2. The Bertz CT molecular complexity index is 944. The molecule has 7 heteroatoms. The van der Waals surface area contributed by atoms with Crippen LogP contribution in [0.4, 0.5) is 4.79 Å². The van der Waals surface area contributed by atoms with E-state index in [1.165, 1.54) is 0 Å². The predicted molar refractivity (Wildman–Crippen MR) is 117 cm³/mol. The summed E-state index contributed by atoms with van der Waals surface area (Å²) in [6.07, 6.45) is -0.563. The molecule has 0 aliphatic heterocycles. The zero-order valence-electron chi connectivity index (χ0n) is 18.0. The van der Waals surface area contributed by atoms with Gasteiger partial charge in [-0.15, -0.1) is 0 Å². The van der Waals surface area contributed by atoms with Gasteiger partial charge in [0.15, 0.2) is 0 Å². The number of carboxylic acids is 1. The molecule has 0 spiro atoms. The number of benzene rings is 2. The molecule has 3 N–H and O–H groups in total. The first-order chi connectivity index (χ1) is 14.7. The number of alkyl carbamates (subject to hydrolysis) is 1. The summed E-state index contributed by atoms with van der Waals surface area (Å²) in [5, 5.41) is 14.2. The van der Waals surface area contributed by atoms with Crippen molar-refractivity contribution in [2.75, 3.05) is 6.61 Å². The summed E-state index contributed by atoms with van der Waals surface area (Å²) in [6.45, 7) is 5.12. The van der Waals surface area contributed by atoms with Gasteiger partial charge in [-0.05, 0) is 42.5 Å². The Morgan fingerprint density at radius 2 is 1.61 bits per heavy atom. The van der Waals surface area contributed by atoms with Crippen molar-refractivity contribution < 1.29 is 24.2 Å². The number of carbonyl (C=O) groups is 3. The lowest BCUT2D eigenvalue weighted by Gasteiger charge is -2.29. The quantitative estimate of drug-likeness (QED) is 0.600. The Morgan fingerprint density at radius 1 is 1.06 bits per heavy atom. The molecule has 2 aromatic rings. The van der Waals surface area contributed by atoms with E-state index < -0.39 is 29.6 Å². The Morgan fingerprint density at radius 3 is 2.13 bits per heavy atom. The van der Waals surface area contributed by atoms with Crippen molar-refractivity contribution in [1.82, 2.24) is 10.6 Å². The minimum atomic E-state index is -1.21. The second kappa shape index (κ2) is 9.20. The fourth-order valence-corrected chi connectivity index (χ4v) is 3.86. The standard InChI is InChI=1S/C24H28N2O5/c1-4-24(3,22(29)25-15(2)13-21(27)28)26-23(30)31-14-20-18-11-7-5-9-16(18)17-10-6-8-12-19(17)20/h5-12,15,20H,4,13-14H2,1-3H3,(H,25,29)(H,26,30)(H,27,28)/t15-,24?/m1/s1. The number of hydrogen-bond acceptors (Lipinski definition) is 4. The molecule has 1 unspecified atom stereocenters. The molecule has 3 rings (SSSR count). The van der Waals surface area contributed by atoms with Crippen LogP contribution in [0.15, 0.2) is 48.5 Å². The van der Waals surface area contributed by atoms with Crippen LogP contribution in [0.3, 0.4) is 0 Å². The van der Waals surface area contributed by atoms with E-state index in [1.54, 1.807) is 20.8 Å². The first kappa shape index (κ1) is 22.3. The van der Waals surface area contributed by atoms with Crippen LogP contribution in [0.1, 0.15) is 50.7 Å². The summed E-state index contributed by atoms with van der Waals surface area (Å²) in [7, 11) is 0. The number of carboxylic acid groups (broad SMARTS) is 1. The maximum absolute atomic E-state index is 12.6. The number of carbonyl (C=O) groups excluding carboxylic acids is 2. The van der Waals surface area contributed by atoms with Gasteiger partial charge >= 0.3 is 12.1 Å². The maximum Gasteiger partial charge on any atom is 0.408 e. The van der Waals surface area contributed by atoms with E-state index in [-0.39, 0.29) is 18.9 Å². The molecule has 2 aromatic carbocycles. The van der Waals surface area contributed by atoms with Crippen LogP contribution in [-0.4, -0.2) is 41.3 Å². The Kier molecular flexibility index (Phi) is 6.63. The topological polar surface area (TPSA) is 105 Å². The van der Waals surface area contributed by atoms with Gasteiger partial charge in [0, 0.05) is 12.0 Å². The van der Waals surface area contributed by atoms with Crippen LogP contribution >= 0.6 is 0 Å². The second-order valence-electron chi connectivity index (χ2n) is 8.11. The minimum absolute atomic E-state index is 0.0737. The number of aliphatic carboxylic acids is 1. The lowest BCUT2D eigenvalue weighted by Crippen LogP contribution is -2.58. The first-order valence-electron chi connectivity index (χ1n) is 10.4. The molecule has 1 aliphatic rings. The molecule has 7 nitrogen and oxygen atoms in total. The van der Waals surface area contributed by atoms with Gasteiger partial charge in [0.25, 0.3) is 0 Å². The summed E-state index contributed by atoms with van der Waals surface area (Å²) in [5.41, 5.74) is 3.27. The highest BCUT2D eigenvalue weighted by Crippen LogP contribution is 2.44. The van der Waals surface area contributed by atoms with Gasteiger partial charge < -0.3 is 20.5 Å². The molecule has 0 aromatic heterocycles. The van der Waals surface area contributed by atoms with Crippen LogP contribution in [0.25, 0.3) is 11.1 Å². The molecule has 1 aliphatic carbocycles. The largest absolute Gasteiger partial charge is 0.481 e. The third kappa shape index (κ3) is 4.87. The summed E-state index contributed by atoms with van der Waals surface area (Å²) in [5.74, 6) is -1.52. The Balaban J connectivity index is 1.65. The molecule has 164 valence electrons. The molecule has 0 fully saturated rings. The van der Waals surface area contributed by atoms with Gasteiger partial charge in [0.1, 0.15) is 12.1 Å². The number of fused-ring (bicyclic) bond motifs is 3. The summed E-state index contributed by atoms with van der Waals surface area (Å²) >= 11 is 0. The van der Waals surface area contributed by atoms with E-state index in [1.807, 2.05) is 36.4 Å². The molecular formula is C24H28N2O5. The molecule has 0 bridgehead atoms. The van der Waals surface area contributed by atoms with E-state index in [2.05, 4.69) is 22.8 Å². The molecule has 31 heavy (non-hydrogen) atoms. The molecule has 2 atom stereocenters. The van der Waals surface area contributed by atoms with Crippen LogP contribution in [0.2, 0.25) is 0 Å². The zero-order chi connectivity index (χ0) is 22.6. The van der Waals surface area contributed by atoms with Gasteiger partial charge in [-0.1, -0.05) is 55.5 Å². The van der Waals surface area contributed by atoms with E-state index in [0.29, 0.717) is 6.42 Å². The van der Waals surface area contributed by atoms with Crippen LogP contribution in [0, 0.1) is 0 Å². The highest BCUT2D eigenvalue weighted by Gasteiger charge is 2.35. The third-order valence-corrected chi connectivity index (χ3v) is 5.79. The van der Waals surface area contributed by atoms with Crippen molar-refractivity contribution in [1.29, 1.82) is 0 Å². The SMILES string of the molecule is CCC(C)(NC(=O)OCC1c2ccccc2-c2ccccc21)C(=O)N[C@H](C)CC(=O)O. The van der Waals surface area contributed by atoms with E-state index in [0.717, 1.165) is 22.3 Å². The predicted octanol–water partition coefficient (Wildman–Crippen LogP) is 3.67. The third-order valence-electron chi connectivity index (χ3n) is 5.79. The van der Waals surface area contributed by atoms with Gasteiger partial charge in [-0.2, -0.15) is 0 Å². The lowest BCUT2D eigenvalue weighted by atomic mass is 9.97. The van der Waals surface area contributed by atoms with E-state index in [4.69, 9.17) is 9.84 Å². The zero-order valence-corrected chi connectivity index (χ0v) is 18.0. The van der Waals surface area contributed by atoms with Crippen LogP contribution in [0.5, 0.6) is 0 Å². The second-order valence-corrected chi connectivity index (χ2v) is 8.11. The Labute approximate surface area is 181 Å². The minimum Gasteiger partial charge on any atom is -0.481 e. The van der Waals surface area contributed by atoms with Gasteiger partial charge in [-0.25, -0.2) is 4.79 Å². The normalized spacial score (nSPS) is 15.2. The first-order valence-corrected chi connectivity index (χ1v) is 10.4. The average Bonchev–Trinajstić information content (AvgIpc) is 3.05. The van der Waals surface area contributed by atoms with Crippen LogP contribution < -0.4 is 10.6 Å². The summed E-state index contributed by atoms with van der Waals surface area (Å²) in [4.78, 5) is 36.0. The van der Waals surface area contributed by atoms with Gasteiger partial charge in [-0.3, -0.25) is 9.59 Å². The number of rotatable bonds is 8. The number of hydrogen-bond donors (Lipinski definition) is 3. The highest BCUT2D eigenvalue weighted by atomic mass is 16.5. The van der Waals surface area contributed by atoms with Crippen molar-refractivity contribution in [3.8, 4) is 11.1 Å². The fraction of sp³-hybridized carbons (Fsp3) is 0.375.